The van der Waals surface area contributed by atoms with E-state index in [1.807, 2.05) is 36.4 Å². The van der Waals surface area contributed by atoms with Gasteiger partial charge < -0.3 is 28.4 Å². The highest BCUT2D eigenvalue weighted by Crippen LogP contribution is 2.44. The second-order valence-corrected chi connectivity index (χ2v) is 8.20. The van der Waals surface area contributed by atoms with Crippen molar-refractivity contribution in [2.45, 2.75) is 26.2 Å². The first-order valence-corrected chi connectivity index (χ1v) is 11.5. The second-order valence-electron chi connectivity index (χ2n) is 8.20. The Kier molecular flexibility index (Phi) is 8.68. The smallest absolute Gasteiger partial charge is 0.203 e. The molecule has 1 aliphatic rings. The number of hydrogen-bond donors (Lipinski definition) is 0. The molecular formula is C28H34O7. The van der Waals surface area contributed by atoms with Gasteiger partial charge in [0, 0.05) is 22.3 Å². The Hall–Kier alpha value is -3.61. The number of carbonyl (C=O) groups is 1. The lowest BCUT2D eigenvalue weighted by Gasteiger charge is -2.25. The maximum atomic E-state index is 13.6. The highest BCUT2D eigenvalue weighted by Gasteiger charge is 2.28. The van der Waals surface area contributed by atoms with E-state index in [0.717, 1.165) is 28.7 Å². The number of hydrogen-bond acceptors (Lipinski definition) is 7. The number of rotatable bonds is 9. The Morgan fingerprint density at radius 3 is 1.37 bits per heavy atom. The fraction of sp³-hybridized carbons (Fsp3) is 0.393. The van der Waals surface area contributed by atoms with Crippen LogP contribution < -0.4 is 28.4 Å². The number of allylic oxidation sites excluding steroid dienone is 2. The molecule has 0 N–H and O–H groups in total. The van der Waals surface area contributed by atoms with Crippen molar-refractivity contribution in [2.75, 3.05) is 42.7 Å². The van der Waals surface area contributed by atoms with Crippen molar-refractivity contribution in [3.8, 4) is 34.5 Å². The number of benzene rings is 2. The van der Waals surface area contributed by atoms with Crippen LogP contribution in [0.5, 0.6) is 34.5 Å². The summed E-state index contributed by atoms with van der Waals surface area (Å²) >= 11 is 0. The van der Waals surface area contributed by atoms with E-state index >= 15 is 0 Å². The molecule has 3 rings (SSSR count). The van der Waals surface area contributed by atoms with Gasteiger partial charge in [-0.05, 0) is 55.2 Å². The summed E-state index contributed by atoms with van der Waals surface area (Å²) in [6.07, 6.45) is 6.11. The fourth-order valence-electron chi connectivity index (χ4n) is 4.47. The minimum Gasteiger partial charge on any atom is -0.493 e. The van der Waals surface area contributed by atoms with E-state index in [1.54, 1.807) is 42.7 Å². The van der Waals surface area contributed by atoms with Gasteiger partial charge in [-0.15, -0.1) is 0 Å². The summed E-state index contributed by atoms with van der Waals surface area (Å²) in [5.41, 5.74) is 2.96. The van der Waals surface area contributed by atoms with Gasteiger partial charge in [-0.2, -0.15) is 0 Å². The Bertz CT molecular complexity index is 1050. The topological polar surface area (TPSA) is 72.5 Å². The molecule has 0 saturated heterocycles. The third-order valence-electron chi connectivity index (χ3n) is 6.31. The summed E-state index contributed by atoms with van der Waals surface area (Å²) in [4.78, 5) is 13.6. The molecular weight excluding hydrogens is 448 g/mol. The van der Waals surface area contributed by atoms with Crippen LogP contribution >= 0.6 is 0 Å². The number of ether oxygens (including phenoxy) is 6. The van der Waals surface area contributed by atoms with Crippen molar-refractivity contribution < 1.29 is 33.2 Å². The zero-order chi connectivity index (χ0) is 25.5. The molecule has 1 saturated carbocycles. The summed E-state index contributed by atoms with van der Waals surface area (Å²) in [6, 6.07) is 7.36. The van der Waals surface area contributed by atoms with E-state index < -0.39 is 0 Å². The van der Waals surface area contributed by atoms with Crippen LogP contribution in [0.25, 0.3) is 12.2 Å². The molecule has 35 heavy (non-hydrogen) atoms. The molecule has 0 aliphatic heterocycles. The summed E-state index contributed by atoms with van der Waals surface area (Å²) in [6.45, 7) is 2.14. The predicted octanol–water partition coefficient (Wildman–Crippen LogP) is 5.59. The molecule has 0 radical (unpaired) electrons. The minimum atomic E-state index is 0.00313. The first kappa shape index (κ1) is 26.0. The summed E-state index contributed by atoms with van der Waals surface area (Å²) in [7, 11) is 9.43. The quantitative estimate of drug-likeness (QED) is 0.431. The van der Waals surface area contributed by atoms with E-state index in [9.17, 15) is 4.79 Å². The molecule has 188 valence electrons. The van der Waals surface area contributed by atoms with Gasteiger partial charge in [0.15, 0.2) is 28.8 Å². The Morgan fingerprint density at radius 2 is 1.06 bits per heavy atom. The third kappa shape index (κ3) is 5.24. The monoisotopic (exact) mass is 482 g/mol. The van der Waals surface area contributed by atoms with E-state index in [4.69, 9.17) is 28.4 Å². The molecule has 0 aromatic heterocycles. The average molecular weight is 483 g/mol. The van der Waals surface area contributed by atoms with Gasteiger partial charge in [0.1, 0.15) is 0 Å². The molecule has 0 bridgehead atoms. The standard InChI is InChI=1S/C28H34O7/c1-8-17-13-20(15-18-9-11-22(30-2)27(34-6)25(18)32-4)24(29)21(14-17)16-19-10-12-23(31-3)28(35-7)26(19)33-5/h9-12,15-17H,8,13-14H2,1-7H3/b20-15+,21-16+. The highest BCUT2D eigenvalue weighted by molar-refractivity contribution is 6.14. The molecule has 1 fully saturated rings. The van der Waals surface area contributed by atoms with Crippen LogP contribution in [0.3, 0.4) is 0 Å². The SMILES string of the molecule is CCC1C/C(=C\c2ccc(OC)c(OC)c2OC)C(=O)/C(=C/c2ccc(OC)c(OC)c2OC)C1. The average Bonchev–Trinajstić information content (AvgIpc) is 2.89. The van der Waals surface area contributed by atoms with Crippen LogP contribution in [0.1, 0.15) is 37.3 Å². The van der Waals surface area contributed by atoms with Crippen molar-refractivity contribution >= 4 is 17.9 Å². The molecule has 0 amide bonds. The molecule has 2 aromatic rings. The maximum absolute atomic E-state index is 13.6. The van der Waals surface area contributed by atoms with Crippen molar-refractivity contribution in [2.24, 2.45) is 5.92 Å². The van der Waals surface area contributed by atoms with Gasteiger partial charge in [-0.25, -0.2) is 0 Å². The molecule has 0 unspecified atom stereocenters. The van der Waals surface area contributed by atoms with Gasteiger partial charge in [0.05, 0.1) is 42.7 Å². The van der Waals surface area contributed by atoms with Crippen LogP contribution in [-0.4, -0.2) is 48.4 Å². The van der Waals surface area contributed by atoms with Crippen LogP contribution in [0.15, 0.2) is 35.4 Å². The largest absolute Gasteiger partial charge is 0.493 e. The lowest BCUT2D eigenvalue weighted by atomic mass is 9.78. The Morgan fingerprint density at radius 1 is 0.657 bits per heavy atom. The summed E-state index contributed by atoms with van der Waals surface area (Å²) < 4.78 is 33.0. The third-order valence-corrected chi connectivity index (χ3v) is 6.31. The van der Waals surface area contributed by atoms with Crippen LogP contribution in [0, 0.1) is 5.92 Å². The number of ketones is 1. The highest BCUT2D eigenvalue weighted by atomic mass is 16.5. The van der Waals surface area contributed by atoms with Gasteiger partial charge in [0.25, 0.3) is 0 Å². The zero-order valence-electron chi connectivity index (χ0n) is 21.5. The van der Waals surface area contributed by atoms with Crippen LogP contribution in [0.2, 0.25) is 0 Å². The fourth-order valence-corrected chi connectivity index (χ4v) is 4.47. The van der Waals surface area contributed by atoms with Crippen molar-refractivity contribution in [1.82, 2.24) is 0 Å². The van der Waals surface area contributed by atoms with Gasteiger partial charge in [-0.3, -0.25) is 4.79 Å². The predicted molar refractivity (Wildman–Crippen MR) is 136 cm³/mol. The van der Waals surface area contributed by atoms with E-state index in [0.29, 0.717) is 53.3 Å². The first-order valence-electron chi connectivity index (χ1n) is 11.5. The molecule has 7 nitrogen and oxygen atoms in total. The number of methoxy groups -OCH3 is 6. The van der Waals surface area contributed by atoms with Crippen LogP contribution in [0.4, 0.5) is 0 Å². The second kappa shape index (κ2) is 11.7. The normalized spacial score (nSPS) is 17.9. The molecule has 7 heteroatoms. The Labute approximate surface area is 207 Å². The maximum Gasteiger partial charge on any atom is 0.203 e. The number of carbonyl (C=O) groups excluding carboxylic acids is 1. The van der Waals surface area contributed by atoms with Gasteiger partial charge >= 0.3 is 0 Å². The first-order chi connectivity index (χ1) is 17.0. The van der Waals surface area contributed by atoms with Crippen LogP contribution in [-0.2, 0) is 4.79 Å². The minimum absolute atomic E-state index is 0.00313. The summed E-state index contributed by atoms with van der Waals surface area (Å²) in [5, 5.41) is 0. The summed E-state index contributed by atoms with van der Waals surface area (Å²) in [5.74, 6) is 3.50. The van der Waals surface area contributed by atoms with Crippen molar-refractivity contribution in [1.29, 1.82) is 0 Å². The van der Waals surface area contributed by atoms with Crippen molar-refractivity contribution in [3.63, 3.8) is 0 Å². The molecule has 1 aliphatic carbocycles. The number of Topliss-reactive ketones (excluding diaryl/α,β-unsaturated/α-hetero) is 1. The van der Waals surface area contributed by atoms with Gasteiger partial charge in [-0.1, -0.05) is 13.3 Å². The molecule has 2 aromatic carbocycles. The lowest BCUT2D eigenvalue weighted by Crippen LogP contribution is -2.19. The van der Waals surface area contributed by atoms with Gasteiger partial charge in [0.2, 0.25) is 11.5 Å². The molecule has 0 atom stereocenters. The van der Waals surface area contributed by atoms with Crippen molar-refractivity contribution in [3.05, 3.63) is 46.5 Å². The zero-order valence-corrected chi connectivity index (χ0v) is 21.5. The van der Waals surface area contributed by atoms with E-state index in [1.165, 1.54) is 0 Å². The lowest BCUT2D eigenvalue weighted by molar-refractivity contribution is -0.113. The molecule has 0 spiro atoms. The van der Waals surface area contributed by atoms with E-state index in [2.05, 4.69) is 6.92 Å². The molecule has 0 heterocycles. The Balaban J connectivity index is 2.10. The van der Waals surface area contributed by atoms with E-state index in [-0.39, 0.29) is 5.78 Å².